The predicted molar refractivity (Wildman–Crippen MR) is 85.4 cm³/mol. The van der Waals surface area contributed by atoms with Crippen molar-refractivity contribution in [3.63, 3.8) is 0 Å². The van der Waals surface area contributed by atoms with Crippen molar-refractivity contribution in [3.05, 3.63) is 35.8 Å². The summed E-state index contributed by atoms with van der Waals surface area (Å²) in [5.41, 5.74) is 4.92. The molecule has 2 aromatic heterocycles. The number of nitrogens with one attached hydrogen (secondary N) is 1. The van der Waals surface area contributed by atoms with Gasteiger partial charge < -0.3 is 5.32 Å². The van der Waals surface area contributed by atoms with Crippen molar-refractivity contribution in [3.8, 4) is 11.3 Å². The average Bonchev–Trinajstić information content (AvgIpc) is 2.94. The van der Waals surface area contributed by atoms with Crippen molar-refractivity contribution >= 4 is 5.91 Å². The van der Waals surface area contributed by atoms with Crippen LogP contribution in [0, 0.1) is 0 Å². The van der Waals surface area contributed by atoms with Crippen LogP contribution >= 0.6 is 0 Å². The molecule has 0 atom stereocenters. The van der Waals surface area contributed by atoms with Crippen LogP contribution in [0.5, 0.6) is 0 Å². The van der Waals surface area contributed by atoms with Crippen LogP contribution in [0.3, 0.4) is 0 Å². The molecule has 5 heteroatoms. The van der Waals surface area contributed by atoms with E-state index >= 15 is 0 Å². The van der Waals surface area contributed by atoms with E-state index in [1.54, 1.807) is 0 Å². The molecule has 0 aromatic carbocycles. The molecule has 1 aliphatic rings. The highest BCUT2D eigenvalue weighted by Crippen LogP contribution is 2.30. The summed E-state index contributed by atoms with van der Waals surface area (Å²) < 4.78 is 2.08. The Morgan fingerprint density at radius 2 is 2.05 bits per heavy atom. The minimum Gasteiger partial charge on any atom is -0.354 e. The maximum absolute atomic E-state index is 11.4. The third kappa shape index (κ3) is 3.03. The van der Waals surface area contributed by atoms with Crippen molar-refractivity contribution in [2.75, 3.05) is 6.54 Å². The molecule has 1 N–H and O–H groups in total. The predicted octanol–water partition coefficient (Wildman–Crippen LogP) is 2.35. The lowest BCUT2D eigenvalue weighted by atomic mass is 9.94. The van der Waals surface area contributed by atoms with E-state index in [-0.39, 0.29) is 5.91 Å². The fraction of sp³-hybridized carbons (Fsp3) is 0.471. The third-order valence-corrected chi connectivity index (χ3v) is 4.18. The molecule has 3 rings (SSSR count). The second-order valence-corrected chi connectivity index (χ2v) is 5.64. The number of pyridine rings is 1. The SMILES string of the molecule is CCC(=O)NCCn1nc(-c2ccncc2)c2c1CCCC2. The van der Waals surface area contributed by atoms with Gasteiger partial charge in [0.25, 0.3) is 0 Å². The smallest absolute Gasteiger partial charge is 0.219 e. The Kier molecular flexibility index (Phi) is 4.51. The fourth-order valence-corrected chi connectivity index (χ4v) is 3.02. The summed E-state index contributed by atoms with van der Waals surface area (Å²) in [5.74, 6) is 0.0929. The van der Waals surface area contributed by atoms with Crippen LogP contribution in [0.1, 0.15) is 37.4 Å². The molecule has 0 aliphatic heterocycles. The van der Waals surface area contributed by atoms with Crippen LogP contribution in [-0.4, -0.2) is 27.2 Å². The monoisotopic (exact) mass is 298 g/mol. The quantitative estimate of drug-likeness (QED) is 0.921. The summed E-state index contributed by atoms with van der Waals surface area (Å²) in [5, 5.41) is 7.75. The number of nitrogens with zero attached hydrogens (tertiary/aromatic N) is 3. The van der Waals surface area contributed by atoms with Gasteiger partial charge in [0.05, 0.1) is 12.2 Å². The molecule has 5 nitrogen and oxygen atoms in total. The molecule has 22 heavy (non-hydrogen) atoms. The highest BCUT2D eigenvalue weighted by Gasteiger charge is 2.21. The average molecular weight is 298 g/mol. The van der Waals surface area contributed by atoms with E-state index in [9.17, 15) is 4.79 Å². The molecule has 0 radical (unpaired) electrons. The zero-order valence-electron chi connectivity index (χ0n) is 13.0. The maximum atomic E-state index is 11.4. The number of carbonyl (C=O) groups is 1. The van der Waals surface area contributed by atoms with E-state index in [1.165, 1.54) is 24.1 Å². The van der Waals surface area contributed by atoms with Gasteiger partial charge in [0, 0.05) is 42.2 Å². The molecule has 0 bridgehead atoms. The lowest BCUT2D eigenvalue weighted by Crippen LogP contribution is -2.27. The molecular formula is C17H22N4O. The van der Waals surface area contributed by atoms with Crippen molar-refractivity contribution in [1.82, 2.24) is 20.1 Å². The van der Waals surface area contributed by atoms with Gasteiger partial charge in [-0.3, -0.25) is 14.5 Å². The molecule has 0 spiro atoms. The molecular weight excluding hydrogens is 276 g/mol. The van der Waals surface area contributed by atoms with Gasteiger partial charge >= 0.3 is 0 Å². The number of carbonyl (C=O) groups excluding carboxylic acids is 1. The van der Waals surface area contributed by atoms with Gasteiger partial charge in [-0.25, -0.2) is 0 Å². The minimum absolute atomic E-state index is 0.0929. The topological polar surface area (TPSA) is 59.8 Å². The molecule has 0 saturated carbocycles. The summed E-state index contributed by atoms with van der Waals surface area (Å²) >= 11 is 0. The molecule has 2 heterocycles. The van der Waals surface area contributed by atoms with Crippen molar-refractivity contribution in [2.45, 2.75) is 45.6 Å². The molecule has 116 valence electrons. The summed E-state index contributed by atoms with van der Waals surface area (Å²) in [7, 11) is 0. The Morgan fingerprint density at radius 1 is 1.27 bits per heavy atom. The van der Waals surface area contributed by atoms with Crippen LogP contribution in [0.2, 0.25) is 0 Å². The van der Waals surface area contributed by atoms with Crippen molar-refractivity contribution in [1.29, 1.82) is 0 Å². The Labute approximate surface area is 130 Å². The van der Waals surface area contributed by atoms with Crippen LogP contribution in [0.4, 0.5) is 0 Å². The summed E-state index contributed by atoms with van der Waals surface area (Å²) in [6.07, 6.45) is 8.76. The minimum atomic E-state index is 0.0929. The zero-order chi connectivity index (χ0) is 15.4. The second kappa shape index (κ2) is 6.73. The van der Waals surface area contributed by atoms with Gasteiger partial charge in [-0.15, -0.1) is 0 Å². The molecule has 0 fully saturated rings. The molecule has 0 unspecified atom stereocenters. The maximum Gasteiger partial charge on any atom is 0.219 e. The Hall–Kier alpha value is -2.17. The number of fused-ring (bicyclic) bond motifs is 1. The van der Waals surface area contributed by atoms with Crippen LogP contribution < -0.4 is 5.32 Å². The first-order valence-corrected chi connectivity index (χ1v) is 8.05. The number of rotatable bonds is 5. The highest BCUT2D eigenvalue weighted by atomic mass is 16.1. The van der Waals surface area contributed by atoms with Gasteiger partial charge in [0.1, 0.15) is 0 Å². The van der Waals surface area contributed by atoms with E-state index in [0.29, 0.717) is 13.0 Å². The van der Waals surface area contributed by atoms with E-state index in [1.807, 2.05) is 31.5 Å². The van der Waals surface area contributed by atoms with E-state index in [0.717, 1.165) is 30.6 Å². The summed E-state index contributed by atoms with van der Waals surface area (Å²) in [6.45, 7) is 3.24. The van der Waals surface area contributed by atoms with Gasteiger partial charge in [0.2, 0.25) is 5.91 Å². The van der Waals surface area contributed by atoms with E-state index < -0.39 is 0 Å². The van der Waals surface area contributed by atoms with Crippen molar-refractivity contribution < 1.29 is 4.79 Å². The third-order valence-electron chi connectivity index (χ3n) is 4.18. The summed E-state index contributed by atoms with van der Waals surface area (Å²) in [6, 6.07) is 4.03. The Morgan fingerprint density at radius 3 is 2.82 bits per heavy atom. The number of amides is 1. The summed E-state index contributed by atoms with van der Waals surface area (Å²) in [4.78, 5) is 15.5. The van der Waals surface area contributed by atoms with E-state index in [2.05, 4.69) is 15.0 Å². The normalized spacial score (nSPS) is 13.7. The first-order valence-electron chi connectivity index (χ1n) is 8.05. The van der Waals surface area contributed by atoms with Crippen LogP contribution in [-0.2, 0) is 24.2 Å². The van der Waals surface area contributed by atoms with Gasteiger partial charge in [-0.05, 0) is 37.8 Å². The Balaban J connectivity index is 1.84. The van der Waals surface area contributed by atoms with E-state index in [4.69, 9.17) is 5.10 Å². The van der Waals surface area contributed by atoms with Crippen LogP contribution in [0.25, 0.3) is 11.3 Å². The Bertz CT molecular complexity index is 648. The first-order chi connectivity index (χ1) is 10.8. The van der Waals surface area contributed by atoms with Gasteiger partial charge in [0.15, 0.2) is 0 Å². The fourth-order valence-electron chi connectivity index (χ4n) is 3.02. The largest absolute Gasteiger partial charge is 0.354 e. The second-order valence-electron chi connectivity index (χ2n) is 5.64. The van der Waals surface area contributed by atoms with Crippen molar-refractivity contribution in [2.24, 2.45) is 0 Å². The molecule has 1 aliphatic carbocycles. The highest BCUT2D eigenvalue weighted by molar-refractivity contribution is 5.75. The van der Waals surface area contributed by atoms with Gasteiger partial charge in [-0.2, -0.15) is 5.10 Å². The number of aromatic nitrogens is 3. The number of hydrogen-bond donors (Lipinski definition) is 1. The lowest BCUT2D eigenvalue weighted by Gasteiger charge is -2.14. The molecule has 1 amide bonds. The standard InChI is InChI=1S/C17H22N4O/c1-2-16(22)19-11-12-21-15-6-4-3-5-14(15)17(20-21)13-7-9-18-10-8-13/h7-10H,2-6,11-12H2,1H3,(H,19,22). The van der Waals surface area contributed by atoms with Crippen LogP contribution in [0.15, 0.2) is 24.5 Å². The molecule has 0 saturated heterocycles. The van der Waals surface area contributed by atoms with Gasteiger partial charge in [-0.1, -0.05) is 6.92 Å². The number of hydrogen-bond acceptors (Lipinski definition) is 3. The lowest BCUT2D eigenvalue weighted by molar-refractivity contribution is -0.120. The first kappa shape index (κ1) is 14.8. The molecule has 2 aromatic rings. The zero-order valence-corrected chi connectivity index (χ0v) is 13.0.